The summed E-state index contributed by atoms with van der Waals surface area (Å²) in [4.78, 5) is 14.0. The summed E-state index contributed by atoms with van der Waals surface area (Å²) in [7, 11) is 0. The molecule has 20 heavy (non-hydrogen) atoms. The Morgan fingerprint density at radius 3 is 2.75 bits per heavy atom. The van der Waals surface area contributed by atoms with Crippen LogP contribution < -0.4 is 4.74 Å². The lowest BCUT2D eigenvalue weighted by Crippen LogP contribution is -2.34. The zero-order valence-corrected chi connectivity index (χ0v) is 12.8. The maximum absolute atomic E-state index is 12.1. The molecule has 2 fully saturated rings. The Bertz CT molecular complexity index is 490. The van der Waals surface area contributed by atoms with E-state index in [-0.39, 0.29) is 24.5 Å². The van der Waals surface area contributed by atoms with E-state index in [9.17, 15) is 9.90 Å². The van der Waals surface area contributed by atoms with Crippen molar-refractivity contribution in [2.45, 2.75) is 18.9 Å². The van der Waals surface area contributed by atoms with E-state index in [0.29, 0.717) is 18.2 Å². The number of hydrogen-bond donors (Lipinski definition) is 1. The van der Waals surface area contributed by atoms with Crippen molar-refractivity contribution in [2.24, 2.45) is 11.8 Å². The fourth-order valence-electron chi connectivity index (χ4n) is 3.21. The monoisotopic (exact) mass is 339 g/mol. The Hall–Kier alpha value is -1.07. The Labute approximate surface area is 126 Å². The summed E-state index contributed by atoms with van der Waals surface area (Å²) in [6, 6.07) is 7.44. The molecule has 2 aliphatic rings. The Kier molecular flexibility index (Phi) is 3.98. The molecule has 0 bridgehead atoms. The van der Waals surface area contributed by atoms with Crippen LogP contribution in [0.25, 0.3) is 0 Å². The molecule has 3 atom stereocenters. The number of likely N-dealkylation sites (tertiary alicyclic amines) is 1. The molecule has 1 saturated carbocycles. The van der Waals surface area contributed by atoms with Crippen LogP contribution in [0, 0.1) is 11.8 Å². The van der Waals surface area contributed by atoms with Crippen molar-refractivity contribution in [1.29, 1.82) is 0 Å². The summed E-state index contributed by atoms with van der Waals surface area (Å²) in [6.45, 7) is 1.51. The van der Waals surface area contributed by atoms with Gasteiger partial charge in [-0.15, -0.1) is 0 Å². The van der Waals surface area contributed by atoms with Crippen LogP contribution >= 0.6 is 15.9 Å². The van der Waals surface area contributed by atoms with Gasteiger partial charge in [-0.3, -0.25) is 4.79 Å². The van der Waals surface area contributed by atoms with E-state index in [1.807, 2.05) is 29.2 Å². The van der Waals surface area contributed by atoms with Crippen LogP contribution in [0.5, 0.6) is 5.75 Å². The molecule has 1 heterocycles. The van der Waals surface area contributed by atoms with E-state index < -0.39 is 0 Å². The Morgan fingerprint density at radius 1 is 1.30 bits per heavy atom. The molecule has 108 valence electrons. The number of nitrogens with zero attached hydrogens (tertiary/aromatic N) is 1. The maximum Gasteiger partial charge on any atom is 0.260 e. The number of aliphatic hydroxyl groups is 1. The normalized spacial score (nSPS) is 28.5. The predicted molar refractivity (Wildman–Crippen MR) is 78.4 cm³/mol. The predicted octanol–water partition coefficient (Wildman–Crippen LogP) is 2.06. The number of aliphatic hydroxyl groups excluding tert-OH is 1. The minimum absolute atomic E-state index is 0.00881. The molecule has 1 saturated heterocycles. The number of hydrogen-bond acceptors (Lipinski definition) is 3. The molecular weight excluding hydrogens is 322 g/mol. The van der Waals surface area contributed by atoms with E-state index in [1.165, 1.54) is 0 Å². The second-order valence-corrected chi connectivity index (χ2v) is 6.53. The third kappa shape index (κ3) is 2.83. The Morgan fingerprint density at radius 2 is 2.05 bits per heavy atom. The standard InChI is InChI=1S/C15H18BrNO3/c16-11-2-4-12(5-3-11)20-9-15(19)17-7-10-1-6-14(18)13(10)8-17/h2-5,10,13-14,18H,1,6-9H2. The smallest absolute Gasteiger partial charge is 0.260 e. The van der Waals surface area contributed by atoms with Crippen LogP contribution in [0.3, 0.4) is 0 Å². The number of fused-ring (bicyclic) bond motifs is 1. The first kappa shape index (κ1) is 13.9. The zero-order valence-electron chi connectivity index (χ0n) is 11.2. The Balaban J connectivity index is 1.52. The van der Waals surface area contributed by atoms with Gasteiger partial charge in [0.2, 0.25) is 0 Å². The number of ether oxygens (including phenoxy) is 1. The molecule has 4 nitrogen and oxygen atoms in total. The molecule has 1 aromatic rings. The van der Waals surface area contributed by atoms with Crippen molar-refractivity contribution < 1.29 is 14.6 Å². The highest BCUT2D eigenvalue weighted by atomic mass is 79.9. The van der Waals surface area contributed by atoms with Crippen LogP contribution in [0.4, 0.5) is 0 Å². The van der Waals surface area contributed by atoms with Crippen molar-refractivity contribution in [1.82, 2.24) is 4.90 Å². The average Bonchev–Trinajstić information content (AvgIpc) is 3.01. The van der Waals surface area contributed by atoms with Crippen LogP contribution in [0.2, 0.25) is 0 Å². The summed E-state index contributed by atoms with van der Waals surface area (Å²) < 4.78 is 6.49. The summed E-state index contributed by atoms with van der Waals surface area (Å²) in [6.07, 6.45) is 1.68. The summed E-state index contributed by atoms with van der Waals surface area (Å²) in [5.74, 6) is 1.45. The lowest BCUT2D eigenvalue weighted by atomic mass is 10.00. The van der Waals surface area contributed by atoms with Crippen LogP contribution in [-0.4, -0.2) is 41.7 Å². The van der Waals surface area contributed by atoms with E-state index in [0.717, 1.165) is 23.9 Å². The number of halogens is 1. The van der Waals surface area contributed by atoms with Gasteiger partial charge in [0.1, 0.15) is 5.75 Å². The van der Waals surface area contributed by atoms with E-state index >= 15 is 0 Å². The summed E-state index contributed by atoms with van der Waals surface area (Å²) in [5, 5.41) is 9.86. The SMILES string of the molecule is O=C(COc1ccc(Br)cc1)N1CC2CCC(O)C2C1. The molecule has 1 aromatic carbocycles. The van der Waals surface area contributed by atoms with Crippen molar-refractivity contribution in [3.63, 3.8) is 0 Å². The molecule has 5 heteroatoms. The summed E-state index contributed by atoms with van der Waals surface area (Å²) >= 11 is 3.36. The van der Waals surface area contributed by atoms with Crippen molar-refractivity contribution in [3.8, 4) is 5.75 Å². The van der Waals surface area contributed by atoms with E-state index in [2.05, 4.69) is 15.9 Å². The third-order valence-electron chi connectivity index (χ3n) is 4.35. The largest absolute Gasteiger partial charge is 0.484 e. The molecule has 3 rings (SSSR count). The lowest BCUT2D eigenvalue weighted by molar-refractivity contribution is -0.132. The molecule has 0 aromatic heterocycles. The first-order chi connectivity index (χ1) is 9.63. The lowest BCUT2D eigenvalue weighted by Gasteiger charge is -2.18. The first-order valence-corrected chi connectivity index (χ1v) is 7.77. The maximum atomic E-state index is 12.1. The zero-order chi connectivity index (χ0) is 14.1. The molecule has 3 unspecified atom stereocenters. The second kappa shape index (κ2) is 5.74. The van der Waals surface area contributed by atoms with Crippen molar-refractivity contribution in [3.05, 3.63) is 28.7 Å². The van der Waals surface area contributed by atoms with Gasteiger partial charge >= 0.3 is 0 Å². The fraction of sp³-hybridized carbons (Fsp3) is 0.533. The number of rotatable bonds is 3. The molecular formula is C15H18BrNO3. The number of carbonyl (C=O) groups is 1. The quantitative estimate of drug-likeness (QED) is 0.916. The van der Waals surface area contributed by atoms with Crippen molar-refractivity contribution in [2.75, 3.05) is 19.7 Å². The molecule has 1 N–H and O–H groups in total. The topological polar surface area (TPSA) is 49.8 Å². The van der Waals surface area contributed by atoms with E-state index in [1.54, 1.807) is 0 Å². The van der Waals surface area contributed by atoms with Crippen molar-refractivity contribution >= 4 is 21.8 Å². The molecule has 0 spiro atoms. The van der Waals surface area contributed by atoms with Gasteiger partial charge in [-0.05, 0) is 43.0 Å². The van der Waals surface area contributed by atoms with Gasteiger partial charge in [-0.25, -0.2) is 0 Å². The third-order valence-corrected chi connectivity index (χ3v) is 4.88. The van der Waals surface area contributed by atoms with E-state index in [4.69, 9.17) is 4.74 Å². The van der Waals surface area contributed by atoms with Gasteiger partial charge in [0.15, 0.2) is 6.61 Å². The highest BCUT2D eigenvalue weighted by molar-refractivity contribution is 9.10. The van der Waals surface area contributed by atoms with Crippen LogP contribution in [-0.2, 0) is 4.79 Å². The first-order valence-electron chi connectivity index (χ1n) is 6.97. The number of amides is 1. The average molecular weight is 340 g/mol. The minimum atomic E-state index is -0.231. The van der Waals surface area contributed by atoms with Gasteiger partial charge in [0.05, 0.1) is 6.10 Å². The highest BCUT2D eigenvalue weighted by Gasteiger charge is 2.43. The van der Waals surface area contributed by atoms with Gasteiger partial charge in [-0.2, -0.15) is 0 Å². The summed E-state index contributed by atoms with van der Waals surface area (Å²) in [5.41, 5.74) is 0. The van der Waals surface area contributed by atoms with Crippen LogP contribution in [0.15, 0.2) is 28.7 Å². The second-order valence-electron chi connectivity index (χ2n) is 5.61. The molecule has 1 aliphatic carbocycles. The van der Waals surface area contributed by atoms with Gasteiger partial charge in [-0.1, -0.05) is 15.9 Å². The van der Waals surface area contributed by atoms with Gasteiger partial charge in [0.25, 0.3) is 5.91 Å². The molecule has 0 radical (unpaired) electrons. The number of benzene rings is 1. The van der Waals surface area contributed by atoms with Crippen LogP contribution in [0.1, 0.15) is 12.8 Å². The number of carbonyl (C=O) groups excluding carboxylic acids is 1. The van der Waals surface area contributed by atoms with Gasteiger partial charge in [0, 0.05) is 23.5 Å². The van der Waals surface area contributed by atoms with Gasteiger partial charge < -0.3 is 14.7 Å². The molecule has 1 amide bonds. The highest BCUT2D eigenvalue weighted by Crippen LogP contribution is 2.38. The fourth-order valence-corrected chi connectivity index (χ4v) is 3.47. The molecule has 1 aliphatic heterocycles. The minimum Gasteiger partial charge on any atom is -0.484 e.